The predicted molar refractivity (Wildman–Crippen MR) is 77.5 cm³/mol. The molecule has 2 rings (SSSR count). The molecule has 1 saturated carbocycles. The highest BCUT2D eigenvalue weighted by Gasteiger charge is 2.28. The van der Waals surface area contributed by atoms with Gasteiger partial charge in [0.25, 0.3) is 0 Å². The Morgan fingerprint density at radius 1 is 1.53 bits per heavy atom. The monoisotopic (exact) mass is 317 g/mol. The molecule has 0 saturated heterocycles. The number of halogens is 1. The van der Waals surface area contributed by atoms with E-state index in [0.717, 1.165) is 15.7 Å². The van der Waals surface area contributed by atoms with Crippen LogP contribution >= 0.6 is 27.7 Å². The molecule has 0 bridgehead atoms. The van der Waals surface area contributed by atoms with E-state index in [-0.39, 0.29) is 0 Å². The summed E-state index contributed by atoms with van der Waals surface area (Å²) in [4.78, 5) is 0. The van der Waals surface area contributed by atoms with Crippen LogP contribution in [0, 0.1) is 0 Å². The van der Waals surface area contributed by atoms with Crippen LogP contribution in [0.5, 0.6) is 0 Å². The van der Waals surface area contributed by atoms with Crippen LogP contribution in [0.4, 0.5) is 0 Å². The molecule has 0 spiro atoms. The molecule has 4 heteroatoms. The van der Waals surface area contributed by atoms with Gasteiger partial charge in [0.2, 0.25) is 0 Å². The van der Waals surface area contributed by atoms with Crippen LogP contribution in [0.25, 0.3) is 0 Å². The summed E-state index contributed by atoms with van der Waals surface area (Å²) < 4.78 is 6.41. The molecule has 3 unspecified atom stereocenters. The molecule has 1 aromatic heterocycles. The van der Waals surface area contributed by atoms with Crippen molar-refractivity contribution in [3.05, 3.63) is 22.6 Å². The molecule has 0 radical (unpaired) electrons. The van der Waals surface area contributed by atoms with Gasteiger partial charge < -0.3 is 9.73 Å². The molecular weight excluding hydrogens is 298 g/mol. The summed E-state index contributed by atoms with van der Waals surface area (Å²) in [5.41, 5.74) is 0. The van der Waals surface area contributed by atoms with E-state index in [1.165, 1.54) is 25.0 Å². The van der Waals surface area contributed by atoms with Crippen molar-refractivity contribution >= 4 is 27.7 Å². The lowest BCUT2D eigenvalue weighted by Gasteiger charge is -2.23. The molecule has 1 fully saturated rings. The minimum Gasteiger partial charge on any atom is -0.453 e. The second kappa shape index (κ2) is 6.30. The van der Waals surface area contributed by atoms with Crippen molar-refractivity contribution in [1.82, 2.24) is 5.32 Å². The summed E-state index contributed by atoms with van der Waals surface area (Å²) >= 11 is 5.44. The largest absolute Gasteiger partial charge is 0.453 e. The molecule has 17 heavy (non-hydrogen) atoms. The van der Waals surface area contributed by atoms with Gasteiger partial charge in [-0.15, -0.1) is 0 Å². The van der Waals surface area contributed by atoms with Gasteiger partial charge in [0.1, 0.15) is 5.76 Å². The van der Waals surface area contributed by atoms with Crippen molar-refractivity contribution in [3.8, 4) is 0 Å². The number of nitrogens with one attached hydrogen (secondary N) is 1. The Morgan fingerprint density at radius 3 is 3.00 bits per heavy atom. The first-order valence-electron chi connectivity index (χ1n) is 6.33. The van der Waals surface area contributed by atoms with E-state index in [0.29, 0.717) is 12.1 Å². The maximum absolute atomic E-state index is 5.60. The maximum Gasteiger partial charge on any atom is 0.169 e. The van der Waals surface area contributed by atoms with Crippen LogP contribution in [0.1, 0.15) is 44.9 Å². The van der Waals surface area contributed by atoms with E-state index in [1.54, 1.807) is 0 Å². The van der Waals surface area contributed by atoms with Gasteiger partial charge in [0.15, 0.2) is 4.67 Å². The highest BCUT2D eigenvalue weighted by molar-refractivity contribution is 9.10. The fraction of sp³-hybridized carbons (Fsp3) is 0.692. The number of furan rings is 1. The zero-order chi connectivity index (χ0) is 12.3. The smallest absolute Gasteiger partial charge is 0.169 e. The standard InChI is InChI=1S/C13H20BrNOS/c1-3-17-12-6-4-5-10(12)15-9(2)11-7-8-13(14)16-11/h7-10,12,15H,3-6H2,1-2H3. The van der Waals surface area contributed by atoms with E-state index < -0.39 is 0 Å². The van der Waals surface area contributed by atoms with Gasteiger partial charge in [-0.05, 0) is 53.6 Å². The Balaban J connectivity index is 1.91. The Hall–Kier alpha value is 0.0700. The Kier molecular flexibility index (Phi) is 5.00. The molecule has 1 heterocycles. The molecular formula is C13H20BrNOS. The predicted octanol–water partition coefficient (Wildman–Crippen LogP) is 4.37. The summed E-state index contributed by atoms with van der Waals surface area (Å²) in [5, 5.41) is 4.49. The Bertz CT molecular complexity index is 355. The summed E-state index contributed by atoms with van der Waals surface area (Å²) in [6.07, 6.45) is 4.00. The third-order valence-corrected chi connectivity index (χ3v) is 5.07. The zero-order valence-electron chi connectivity index (χ0n) is 10.4. The highest BCUT2D eigenvalue weighted by Crippen LogP contribution is 2.31. The van der Waals surface area contributed by atoms with Gasteiger partial charge in [-0.25, -0.2) is 0 Å². The maximum atomic E-state index is 5.60. The Morgan fingerprint density at radius 2 is 2.35 bits per heavy atom. The van der Waals surface area contributed by atoms with Crippen LogP contribution in [0.2, 0.25) is 0 Å². The van der Waals surface area contributed by atoms with Crippen LogP contribution in [0.3, 0.4) is 0 Å². The third kappa shape index (κ3) is 3.52. The molecule has 1 aromatic rings. The number of hydrogen-bond acceptors (Lipinski definition) is 3. The molecule has 1 N–H and O–H groups in total. The summed E-state index contributed by atoms with van der Waals surface area (Å²) in [7, 11) is 0. The van der Waals surface area contributed by atoms with Gasteiger partial charge in [-0.2, -0.15) is 11.8 Å². The molecule has 0 aliphatic heterocycles. The normalized spacial score (nSPS) is 26.3. The topological polar surface area (TPSA) is 25.2 Å². The zero-order valence-corrected chi connectivity index (χ0v) is 12.8. The van der Waals surface area contributed by atoms with Crippen LogP contribution in [0.15, 0.2) is 21.2 Å². The quantitative estimate of drug-likeness (QED) is 0.873. The minimum atomic E-state index is 0.296. The molecule has 3 atom stereocenters. The first-order valence-corrected chi connectivity index (χ1v) is 8.17. The van der Waals surface area contributed by atoms with E-state index in [2.05, 4.69) is 46.9 Å². The summed E-state index contributed by atoms with van der Waals surface area (Å²) in [6.45, 7) is 4.42. The second-order valence-electron chi connectivity index (χ2n) is 4.56. The van der Waals surface area contributed by atoms with Crippen LogP contribution in [-0.4, -0.2) is 17.0 Å². The van der Waals surface area contributed by atoms with E-state index in [1.807, 2.05) is 12.1 Å². The molecule has 96 valence electrons. The minimum absolute atomic E-state index is 0.296. The first kappa shape index (κ1) is 13.5. The SMILES string of the molecule is CCSC1CCCC1NC(C)c1ccc(Br)o1. The molecule has 2 nitrogen and oxygen atoms in total. The van der Waals surface area contributed by atoms with Crippen LogP contribution < -0.4 is 5.32 Å². The van der Waals surface area contributed by atoms with Crippen molar-refractivity contribution in [2.45, 2.75) is 50.4 Å². The molecule has 1 aliphatic rings. The van der Waals surface area contributed by atoms with Crippen molar-refractivity contribution in [2.75, 3.05) is 5.75 Å². The number of rotatable bonds is 5. The molecule has 0 amide bonds. The van der Waals surface area contributed by atoms with Gasteiger partial charge in [-0.1, -0.05) is 13.3 Å². The summed E-state index contributed by atoms with van der Waals surface area (Å²) in [5.74, 6) is 2.23. The lowest BCUT2D eigenvalue weighted by molar-refractivity contribution is 0.385. The summed E-state index contributed by atoms with van der Waals surface area (Å²) in [6, 6.07) is 4.93. The van der Waals surface area contributed by atoms with Gasteiger partial charge in [0.05, 0.1) is 6.04 Å². The Labute approximate surface area is 116 Å². The second-order valence-corrected chi connectivity index (χ2v) is 6.86. The first-order chi connectivity index (χ1) is 8.20. The lowest BCUT2D eigenvalue weighted by atomic mass is 10.2. The average molecular weight is 318 g/mol. The van der Waals surface area contributed by atoms with E-state index in [9.17, 15) is 0 Å². The number of thioether (sulfide) groups is 1. The van der Waals surface area contributed by atoms with Crippen molar-refractivity contribution in [1.29, 1.82) is 0 Å². The van der Waals surface area contributed by atoms with Crippen LogP contribution in [-0.2, 0) is 0 Å². The van der Waals surface area contributed by atoms with Gasteiger partial charge in [-0.3, -0.25) is 0 Å². The fourth-order valence-electron chi connectivity index (χ4n) is 2.49. The van der Waals surface area contributed by atoms with Gasteiger partial charge in [0, 0.05) is 11.3 Å². The third-order valence-electron chi connectivity index (χ3n) is 3.32. The van der Waals surface area contributed by atoms with Crippen molar-refractivity contribution in [3.63, 3.8) is 0 Å². The molecule has 1 aliphatic carbocycles. The van der Waals surface area contributed by atoms with Crippen molar-refractivity contribution in [2.24, 2.45) is 0 Å². The molecule has 0 aromatic carbocycles. The highest BCUT2D eigenvalue weighted by atomic mass is 79.9. The number of hydrogen-bond donors (Lipinski definition) is 1. The van der Waals surface area contributed by atoms with Crippen molar-refractivity contribution < 1.29 is 4.42 Å². The average Bonchev–Trinajstić information content (AvgIpc) is 2.89. The van der Waals surface area contributed by atoms with E-state index in [4.69, 9.17) is 4.42 Å². The fourth-order valence-corrected chi connectivity index (χ4v) is 4.02. The van der Waals surface area contributed by atoms with E-state index >= 15 is 0 Å². The van der Waals surface area contributed by atoms with Gasteiger partial charge >= 0.3 is 0 Å². The lowest BCUT2D eigenvalue weighted by Crippen LogP contribution is -2.35.